The molecule has 15 heavy (non-hydrogen) atoms. The van der Waals surface area contributed by atoms with E-state index >= 15 is 0 Å². The highest BCUT2D eigenvalue weighted by Gasteiger charge is 2.26. The highest BCUT2D eigenvalue weighted by atomic mass is 16.5. The number of methoxy groups -OCH3 is 1. The van der Waals surface area contributed by atoms with Gasteiger partial charge in [0.15, 0.2) is 0 Å². The fraction of sp³-hybridized carbons (Fsp3) is 1.00. The minimum atomic E-state index is 0.185. The Labute approximate surface area is 92.5 Å². The Bertz CT molecular complexity index is 170. The van der Waals surface area contributed by atoms with Gasteiger partial charge in [0.2, 0.25) is 0 Å². The van der Waals surface area contributed by atoms with Crippen LogP contribution in [-0.2, 0) is 9.47 Å². The van der Waals surface area contributed by atoms with Crippen molar-refractivity contribution in [1.82, 2.24) is 5.32 Å². The molecule has 4 heteroatoms. The summed E-state index contributed by atoms with van der Waals surface area (Å²) < 4.78 is 10.3. The van der Waals surface area contributed by atoms with E-state index in [9.17, 15) is 0 Å². The second-order valence-corrected chi connectivity index (χ2v) is 4.60. The second-order valence-electron chi connectivity index (χ2n) is 4.60. The van der Waals surface area contributed by atoms with Gasteiger partial charge >= 0.3 is 0 Å². The Morgan fingerprint density at radius 2 is 2.13 bits per heavy atom. The monoisotopic (exact) mass is 216 g/mol. The van der Waals surface area contributed by atoms with Gasteiger partial charge in [-0.2, -0.15) is 0 Å². The van der Waals surface area contributed by atoms with Crippen molar-refractivity contribution in [2.24, 2.45) is 5.73 Å². The van der Waals surface area contributed by atoms with Gasteiger partial charge in [-0.1, -0.05) is 0 Å². The van der Waals surface area contributed by atoms with Gasteiger partial charge in [0.1, 0.15) is 0 Å². The Morgan fingerprint density at radius 3 is 2.73 bits per heavy atom. The lowest BCUT2D eigenvalue weighted by atomic mass is 9.92. The zero-order valence-corrected chi connectivity index (χ0v) is 9.92. The third kappa shape index (κ3) is 4.93. The summed E-state index contributed by atoms with van der Waals surface area (Å²) in [5, 5.41) is 3.55. The number of hydrogen-bond donors (Lipinski definition) is 2. The molecule has 0 spiro atoms. The summed E-state index contributed by atoms with van der Waals surface area (Å²) in [6, 6.07) is 0.185. The zero-order valence-electron chi connectivity index (χ0n) is 9.92. The van der Waals surface area contributed by atoms with E-state index in [0.29, 0.717) is 0 Å². The van der Waals surface area contributed by atoms with Crippen LogP contribution in [0.1, 0.15) is 26.2 Å². The van der Waals surface area contributed by atoms with Gasteiger partial charge in [0.05, 0.1) is 0 Å². The molecule has 0 saturated carbocycles. The molecule has 1 aliphatic heterocycles. The predicted octanol–water partition coefficient (Wildman–Crippen LogP) is 0.509. The maximum absolute atomic E-state index is 5.96. The number of nitrogens with two attached hydrogens (primary N) is 1. The van der Waals surface area contributed by atoms with Gasteiger partial charge in [-0.3, -0.25) is 0 Å². The first-order valence-electron chi connectivity index (χ1n) is 5.73. The average molecular weight is 216 g/mol. The van der Waals surface area contributed by atoms with Crippen molar-refractivity contribution in [3.8, 4) is 0 Å². The van der Waals surface area contributed by atoms with Gasteiger partial charge < -0.3 is 20.5 Å². The molecule has 1 saturated heterocycles. The van der Waals surface area contributed by atoms with Crippen LogP contribution >= 0.6 is 0 Å². The van der Waals surface area contributed by atoms with E-state index in [4.69, 9.17) is 15.2 Å². The van der Waals surface area contributed by atoms with Crippen LogP contribution in [0, 0.1) is 0 Å². The standard InChI is InChI=1S/C11H24N2O2/c1-11(4-7-15-8-5-11)13-9-10(12)3-6-14-2/h10,13H,3-9,12H2,1-2H3. The minimum absolute atomic E-state index is 0.185. The van der Waals surface area contributed by atoms with Gasteiger partial charge in [0, 0.05) is 45.1 Å². The Balaban J connectivity index is 2.16. The summed E-state index contributed by atoms with van der Waals surface area (Å²) in [7, 11) is 1.71. The molecule has 1 unspecified atom stereocenters. The zero-order chi connectivity index (χ0) is 11.1. The lowest BCUT2D eigenvalue weighted by molar-refractivity contribution is 0.0444. The maximum Gasteiger partial charge on any atom is 0.0483 e. The van der Waals surface area contributed by atoms with Crippen LogP contribution in [0.2, 0.25) is 0 Å². The van der Waals surface area contributed by atoms with E-state index in [-0.39, 0.29) is 11.6 Å². The molecule has 1 aliphatic rings. The number of ether oxygens (including phenoxy) is 2. The average Bonchev–Trinajstić information content (AvgIpc) is 2.25. The molecule has 1 fully saturated rings. The molecule has 0 bridgehead atoms. The van der Waals surface area contributed by atoms with Crippen molar-refractivity contribution < 1.29 is 9.47 Å². The van der Waals surface area contributed by atoms with Crippen LogP contribution < -0.4 is 11.1 Å². The van der Waals surface area contributed by atoms with Gasteiger partial charge in [-0.25, -0.2) is 0 Å². The first-order chi connectivity index (χ1) is 7.16. The van der Waals surface area contributed by atoms with Crippen molar-refractivity contribution in [1.29, 1.82) is 0 Å². The summed E-state index contributed by atoms with van der Waals surface area (Å²) in [6.45, 7) is 5.56. The predicted molar refractivity (Wildman–Crippen MR) is 60.9 cm³/mol. The van der Waals surface area contributed by atoms with E-state index in [0.717, 1.165) is 45.6 Å². The van der Waals surface area contributed by atoms with Crippen LogP contribution in [0.25, 0.3) is 0 Å². The molecule has 0 amide bonds. The van der Waals surface area contributed by atoms with Gasteiger partial charge in [0.25, 0.3) is 0 Å². The maximum atomic E-state index is 5.96. The summed E-state index contributed by atoms with van der Waals surface area (Å²) in [6.07, 6.45) is 3.06. The van der Waals surface area contributed by atoms with Crippen LogP contribution in [0.15, 0.2) is 0 Å². The SMILES string of the molecule is COCCC(N)CNC1(C)CCOCC1. The summed E-state index contributed by atoms with van der Waals surface area (Å²) in [5.74, 6) is 0. The lowest BCUT2D eigenvalue weighted by Gasteiger charge is -2.35. The molecule has 0 aromatic carbocycles. The first-order valence-corrected chi connectivity index (χ1v) is 5.73. The van der Waals surface area contributed by atoms with E-state index in [2.05, 4.69) is 12.2 Å². The molecule has 1 heterocycles. The van der Waals surface area contributed by atoms with E-state index in [1.54, 1.807) is 7.11 Å². The normalized spacial score (nSPS) is 22.6. The van der Waals surface area contributed by atoms with Crippen molar-refractivity contribution in [3.05, 3.63) is 0 Å². The second kappa shape index (κ2) is 6.43. The molecular formula is C11H24N2O2. The molecule has 90 valence electrons. The highest BCUT2D eigenvalue weighted by Crippen LogP contribution is 2.19. The molecule has 0 aliphatic carbocycles. The topological polar surface area (TPSA) is 56.5 Å². The minimum Gasteiger partial charge on any atom is -0.385 e. The van der Waals surface area contributed by atoms with E-state index in [1.165, 1.54) is 0 Å². The number of nitrogens with one attached hydrogen (secondary N) is 1. The van der Waals surface area contributed by atoms with E-state index in [1.807, 2.05) is 0 Å². The molecule has 4 nitrogen and oxygen atoms in total. The Morgan fingerprint density at radius 1 is 1.47 bits per heavy atom. The van der Waals surface area contributed by atoms with Crippen LogP contribution in [0.5, 0.6) is 0 Å². The van der Waals surface area contributed by atoms with Crippen LogP contribution in [0.3, 0.4) is 0 Å². The van der Waals surface area contributed by atoms with Crippen molar-refractivity contribution in [2.45, 2.75) is 37.8 Å². The van der Waals surface area contributed by atoms with E-state index < -0.39 is 0 Å². The van der Waals surface area contributed by atoms with Crippen molar-refractivity contribution >= 4 is 0 Å². The summed E-state index contributed by atoms with van der Waals surface area (Å²) in [4.78, 5) is 0. The quantitative estimate of drug-likeness (QED) is 0.679. The van der Waals surface area contributed by atoms with Crippen molar-refractivity contribution in [3.63, 3.8) is 0 Å². The molecule has 3 N–H and O–H groups in total. The fourth-order valence-corrected chi connectivity index (χ4v) is 1.75. The molecule has 0 aromatic heterocycles. The summed E-state index contributed by atoms with van der Waals surface area (Å²) >= 11 is 0. The Hall–Kier alpha value is -0.160. The first kappa shape index (κ1) is 12.9. The van der Waals surface area contributed by atoms with Crippen LogP contribution in [0.4, 0.5) is 0 Å². The van der Waals surface area contributed by atoms with Gasteiger partial charge in [-0.15, -0.1) is 0 Å². The molecule has 0 aromatic rings. The number of rotatable bonds is 6. The number of hydrogen-bond acceptors (Lipinski definition) is 4. The molecule has 1 atom stereocenters. The third-order valence-corrected chi connectivity index (χ3v) is 3.08. The van der Waals surface area contributed by atoms with Crippen LogP contribution in [-0.4, -0.2) is 45.1 Å². The molecular weight excluding hydrogens is 192 g/mol. The largest absolute Gasteiger partial charge is 0.385 e. The molecule has 1 rings (SSSR count). The third-order valence-electron chi connectivity index (χ3n) is 3.08. The fourth-order valence-electron chi connectivity index (χ4n) is 1.75. The van der Waals surface area contributed by atoms with Crippen molar-refractivity contribution in [2.75, 3.05) is 33.5 Å². The van der Waals surface area contributed by atoms with Gasteiger partial charge in [-0.05, 0) is 26.2 Å². The lowest BCUT2D eigenvalue weighted by Crippen LogP contribution is -2.50. The Kier molecular flexibility index (Phi) is 5.53. The smallest absolute Gasteiger partial charge is 0.0483 e. The summed E-state index contributed by atoms with van der Waals surface area (Å²) in [5.41, 5.74) is 6.17. The highest BCUT2D eigenvalue weighted by molar-refractivity contribution is 4.86. The molecule has 0 radical (unpaired) electrons.